The second kappa shape index (κ2) is 7.98. The van der Waals surface area contributed by atoms with Crippen LogP contribution in [0.15, 0.2) is 60.7 Å². The Morgan fingerprint density at radius 1 is 1.00 bits per heavy atom. The smallest absolute Gasteiger partial charge is 0.133 e. The number of nitrogens with zero attached hydrogens (tertiary/aromatic N) is 2. The number of fused-ring (bicyclic) bond motifs is 3. The zero-order chi connectivity index (χ0) is 20.4. The second-order valence-corrected chi connectivity index (χ2v) is 8.72. The third-order valence-corrected chi connectivity index (χ3v) is 6.72. The number of carbonyl (C=O) groups excluding carboxylic acids is 1. The molecule has 1 unspecified atom stereocenters. The van der Waals surface area contributed by atoms with Crippen LogP contribution in [-0.4, -0.2) is 15.6 Å². The number of aryl methyl sites for hydroxylation is 2. The van der Waals surface area contributed by atoms with Crippen molar-refractivity contribution in [2.75, 3.05) is 0 Å². The van der Waals surface area contributed by atoms with E-state index in [1.165, 1.54) is 28.1 Å². The molecule has 0 spiro atoms. The number of hydrogen-bond donors (Lipinski definition) is 0. The van der Waals surface area contributed by atoms with Gasteiger partial charge in [0.2, 0.25) is 0 Å². The molecule has 1 saturated carbocycles. The van der Waals surface area contributed by atoms with E-state index in [4.69, 9.17) is 5.10 Å². The van der Waals surface area contributed by atoms with Gasteiger partial charge in [-0.05, 0) is 32.1 Å². The highest BCUT2D eigenvalue weighted by molar-refractivity contribution is 5.80. The molecule has 1 fully saturated rings. The maximum atomic E-state index is 11.8. The highest BCUT2D eigenvalue weighted by Gasteiger charge is 2.46. The summed E-state index contributed by atoms with van der Waals surface area (Å²) in [6.45, 7) is 4.41. The van der Waals surface area contributed by atoms with E-state index in [2.05, 4.69) is 56.3 Å². The molecule has 29 heavy (non-hydrogen) atoms. The maximum absolute atomic E-state index is 11.8. The van der Waals surface area contributed by atoms with Crippen LogP contribution in [-0.2, 0) is 23.7 Å². The van der Waals surface area contributed by atoms with Crippen molar-refractivity contribution in [1.82, 2.24) is 9.78 Å². The number of carbonyl (C=O) groups is 1. The van der Waals surface area contributed by atoms with E-state index in [-0.39, 0.29) is 5.41 Å². The van der Waals surface area contributed by atoms with Crippen LogP contribution in [0.2, 0.25) is 0 Å². The third kappa shape index (κ3) is 3.78. The van der Waals surface area contributed by atoms with Gasteiger partial charge < -0.3 is 0 Å². The molecule has 0 N–H and O–H groups in total. The molecular formula is C26H30N2O. The van der Waals surface area contributed by atoms with E-state index in [0.29, 0.717) is 18.1 Å². The predicted molar refractivity (Wildman–Crippen MR) is 118 cm³/mol. The predicted octanol–water partition coefficient (Wildman–Crippen LogP) is 5.66. The first-order valence-corrected chi connectivity index (χ1v) is 10.6. The molecule has 150 valence electrons. The normalized spacial score (nSPS) is 22.9. The largest absolute Gasteiger partial charge is 0.300 e. The maximum Gasteiger partial charge on any atom is 0.133 e. The van der Waals surface area contributed by atoms with Crippen molar-refractivity contribution in [3.63, 3.8) is 0 Å². The van der Waals surface area contributed by atoms with Gasteiger partial charge in [0.1, 0.15) is 5.78 Å². The topological polar surface area (TPSA) is 34.9 Å². The molecule has 2 aromatic carbocycles. The minimum absolute atomic E-state index is 0.0757. The summed E-state index contributed by atoms with van der Waals surface area (Å²) in [7, 11) is 2.05. The lowest BCUT2D eigenvalue weighted by Gasteiger charge is -2.43. The molecular weight excluding hydrogens is 356 g/mol. The number of ketones is 1. The zero-order valence-electron chi connectivity index (χ0n) is 17.7. The molecule has 5 rings (SSSR count). The summed E-state index contributed by atoms with van der Waals surface area (Å²) < 4.78 is 2.05. The summed E-state index contributed by atoms with van der Waals surface area (Å²) in [6.07, 6.45) is 4.56. The Kier molecular flexibility index (Phi) is 5.40. The van der Waals surface area contributed by atoms with Gasteiger partial charge in [-0.3, -0.25) is 9.48 Å². The lowest BCUT2D eigenvalue weighted by molar-refractivity contribution is -0.123. The summed E-state index contributed by atoms with van der Waals surface area (Å²) in [4.78, 5) is 11.8. The molecule has 1 heterocycles. The van der Waals surface area contributed by atoms with Gasteiger partial charge in [-0.1, -0.05) is 73.2 Å². The van der Waals surface area contributed by atoms with E-state index >= 15 is 0 Å². The Hall–Kier alpha value is -2.68. The van der Waals surface area contributed by atoms with Crippen LogP contribution in [0.4, 0.5) is 0 Å². The monoisotopic (exact) mass is 386 g/mol. The number of Topliss-reactive ketones (excluding diaryl/α,β-unsaturated/α-hetero) is 1. The fraction of sp³-hybridized carbons (Fsp3) is 0.385. The molecule has 2 aliphatic carbocycles. The van der Waals surface area contributed by atoms with E-state index in [9.17, 15) is 4.79 Å². The minimum Gasteiger partial charge on any atom is -0.300 e. The average molecular weight is 387 g/mol. The molecule has 2 atom stereocenters. The van der Waals surface area contributed by atoms with E-state index < -0.39 is 0 Å². The van der Waals surface area contributed by atoms with Crippen LogP contribution in [0.5, 0.6) is 0 Å². The van der Waals surface area contributed by atoms with Crippen molar-refractivity contribution < 1.29 is 4.79 Å². The molecule has 0 bridgehead atoms. The first kappa shape index (κ1) is 19.6. The Labute approximate surface area is 173 Å². The highest BCUT2D eigenvalue weighted by atomic mass is 16.1. The Balaban J connectivity index is 0.000000249. The molecule has 0 radical (unpaired) electrons. The molecule has 3 nitrogen and oxygen atoms in total. The Morgan fingerprint density at radius 3 is 2.28 bits per heavy atom. The molecule has 3 heteroatoms. The Bertz CT molecular complexity index is 990. The number of hydrogen-bond acceptors (Lipinski definition) is 2. The molecule has 3 aromatic rings. The first-order chi connectivity index (χ1) is 14.0. The summed E-state index contributed by atoms with van der Waals surface area (Å²) in [6, 6.07) is 20.8. The van der Waals surface area contributed by atoms with Crippen LogP contribution in [0.3, 0.4) is 0 Å². The van der Waals surface area contributed by atoms with Crippen molar-refractivity contribution in [3.05, 3.63) is 77.5 Å². The first-order valence-electron chi connectivity index (χ1n) is 10.6. The summed E-state index contributed by atoms with van der Waals surface area (Å²) in [5, 5.41) is 4.91. The molecule has 0 saturated heterocycles. The van der Waals surface area contributed by atoms with Gasteiger partial charge in [-0.15, -0.1) is 0 Å². The van der Waals surface area contributed by atoms with Crippen molar-refractivity contribution >= 4 is 5.78 Å². The fourth-order valence-corrected chi connectivity index (χ4v) is 5.01. The van der Waals surface area contributed by atoms with Gasteiger partial charge in [0.25, 0.3) is 0 Å². The van der Waals surface area contributed by atoms with Crippen LogP contribution in [0, 0.1) is 12.8 Å². The average Bonchev–Trinajstić information content (AvgIpc) is 3.08. The lowest BCUT2D eigenvalue weighted by Crippen LogP contribution is -2.42. The van der Waals surface area contributed by atoms with Crippen molar-refractivity contribution in [2.24, 2.45) is 13.0 Å². The summed E-state index contributed by atoms with van der Waals surface area (Å²) in [5.74, 6) is 0.907. The van der Waals surface area contributed by atoms with Crippen molar-refractivity contribution in [2.45, 2.75) is 51.4 Å². The summed E-state index contributed by atoms with van der Waals surface area (Å²) >= 11 is 0. The van der Waals surface area contributed by atoms with Crippen LogP contribution < -0.4 is 0 Å². The zero-order valence-corrected chi connectivity index (χ0v) is 17.7. The quantitative estimate of drug-likeness (QED) is 0.541. The number of aromatic nitrogens is 2. The van der Waals surface area contributed by atoms with Crippen molar-refractivity contribution in [1.29, 1.82) is 0 Å². The number of benzene rings is 2. The lowest BCUT2D eigenvalue weighted by atomic mass is 9.60. The third-order valence-electron chi connectivity index (χ3n) is 6.72. The molecule has 0 amide bonds. The van der Waals surface area contributed by atoms with Gasteiger partial charge in [-0.25, -0.2) is 0 Å². The van der Waals surface area contributed by atoms with Crippen LogP contribution in [0.1, 0.15) is 49.4 Å². The number of rotatable bonds is 1. The van der Waals surface area contributed by atoms with Gasteiger partial charge in [0.15, 0.2) is 0 Å². The highest BCUT2D eigenvalue weighted by Crippen LogP contribution is 2.50. The molecule has 0 aliphatic heterocycles. The molecule has 1 aromatic heterocycles. The standard InChI is InChI=1S/C19H22N2O.C7H8/c1-19-11-10-15(22)12-14(19)8-9-16-17(21(2)20-18(16)19)13-6-4-3-5-7-13;1-7-5-3-2-4-6-7/h3-7,14H,8-12H2,1-2H3;2-6H,1H3/t14?,19-;/m0./s1. The van der Waals surface area contributed by atoms with E-state index in [1.54, 1.807) is 0 Å². The van der Waals surface area contributed by atoms with Gasteiger partial charge >= 0.3 is 0 Å². The van der Waals surface area contributed by atoms with Crippen LogP contribution >= 0.6 is 0 Å². The fourth-order valence-electron chi connectivity index (χ4n) is 5.01. The summed E-state index contributed by atoms with van der Waals surface area (Å²) in [5.41, 5.74) is 6.55. The second-order valence-electron chi connectivity index (χ2n) is 8.72. The van der Waals surface area contributed by atoms with Crippen LogP contribution in [0.25, 0.3) is 11.3 Å². The van der Waals surface area contributed by atoms with Gasteiger partial charge in [-0.2, -0.15) is 5.10 Å². The van der Waals surface area contributed by atoms with E-state index in [1.807, 2.05) is 29.9 Å². The van der Waals surface area contributed by atoms with Gasteiger partial charge in [0.05, 0.1) is 11.4 Å². The SMILES string of the molecule is Cc1ccccc1.Cn1nc2c(c1-c1ccccc1)CCC1CC(=O)CC[C@]21C. The van der Waals surface area contributed by atoms with Gasteiger partial charge in [0, 0.05) is 36.4 Å². The Morgan fingerprint density at radius 2 is 1.66 bits per heavy atom. The minimum atomic E-state index is 0.0757. The van der Waals surface area contributed by atoms with Crippen molar-refractivity contribution in [3.8, 4) is 11.3 Å². The molecule has 2 aliphatic rings. The van der Waals surface area contributed by atoms with E-state index in [0.717, 1.165) is 25.7 Å².